The molecule has 0 aliphatic heterocycles. The molecule has 3 rings (SSSR count). The van der Waals surface area contributed by atoms with Gasteiger partial charge in [0.05, 0.1) is 12.2 Å². The van der Waals surface area contributed by atoms with E-state index in [1.807, 2.05) is 0 Å². The molecule has 0 saturated heterocycles. The van der Waals surface area contributed by atoms with Gasteiger partial charge in [-0.3, -0.25) is 4.68 Å². The fraction of sp³-hybridized carbons (Fsp3) is 0.800. The highest BCUT2D eigenvalue weighted by Crippen LogP contribution is 2.34. The smallest absolute Gasteiger partial charge is 0.0540 e. The molecule has 1 saturated carbocycles. The van der Waals surface area contributed by atoms with E-state index in [2.05, 4.69) is 23.2 Å². The van der Waals surface area contributed by atoms with E-state index in [0.29, 0.717) is 12.1 Å². The Hall–Kier alpha value is -0.830. The summed E-state index contributed by atoms with van der Waals surface area (Å²) in [6, 6.07) is 1.21. The molecule has 100 valence electrons. The van der Waals surface area contributed by atoms with E-state index in [0.717, 1.165) is 0 Å². The van der Waals surface area contributed by atoms with Crippen LogP contribution in [0.4, 0.5) is 0 Å². The summed E-state index contributed by atoms with van der Waals surface area (Å²) >= 11 is 0. The third kappa shape index (κ3) is 2.20. The third-order valence-corrected chi connectivity index (χ3v) is 4.73. The van der Waals surface area contributed by atoms with Gasteiger partial charge in [-0.05, 0) is 39.2 Å². The van der Waals surface area contributed by atoms with Crippen LogP contribution in [-0.2, 0) is 6.42 Å². The Bertz CT molecular complexity index is 388. The van der Waals surface area contributed by atoms with Gasteiger partial charge in [0, 0.05) is 17.3 Å². The third-order valence-electron chi connectivity index (χ3n) is 4.73. The van der Waals surface area contributed by atoms with E-state index >= 15 is 0 Å². The number of nitrogens with one attached hydrogen (secondary N) is 1. The molecular weight excluding hydrogens is 222 g/mol. The van der Waals surface area contributed by atoms with Gasteiger partial charge in [-0.2, -0.15) is 5.10 Å². The molecule has 1 fully saturated rings. The van der Waals surface area contributed by atoms with Crippen LogP contribution in [0.2, 0.25) is 0 Å². The zero-order valence-corrected chi connectivity index (χ0v) is 11.5. The number of hydrogen-bond donors (Lipinski definition) is 1. The highest BCUT2D eigenvalue weighted by atomic mass is 15.3. The zero-order valence-electron chi connectivity index (χ0n) is 11.5. The fourth-order valence-corrected chi connectivity index (χ4v) is 3.70. The maximum Gasteiger partial charge on any atom is 0.0540 e. The minimum Gasteiger partial charge on any atom is -0.313 e. The van der Waals surface area contributed by atoms with Crippen molar-refractivity contribution in [3.05, 3.63) is 17.5 Å². The molecule has 18 heavy (non-hydrogen) atoms. The van der Waals surface area contributed by atoms with Crippen molar-refractivity contribution in [1.29, 1.82) is 0 Å². The Morgan fingerprint density at radius 2 is 1.89 bits per heavy atom. The van der Waals surface area contributed by atoms with Gasteiger partial charge in [-0.15, -0.1) is 0 Å². The second-order valence-electron chi connectivity index (χ2n) is 5.87. The lowest BCUT2D eigenvalue weighted by Crippen LogP contribution is -2.23. The molecule has 3 heteroatoms. The minimum atomic E-state index is 0.535. The predicted octanol–water partition coefficient (Wildman–Crippen LogP) is 3.38. The topological polar surface area (TPSA) is 29.9 Å². The molecule has 0 amide bonds. The van der Waals surface area contributed by atoms with Gasteiger partial charge in [0.15, 0.2) is 0 Å². The van der Waals surface area contributed by atoms with E-state index in [4.69, 9.17) is 5.10 Å². The molecule has 3 nitrogen and oxygen atoms in total. The Kier molecular flexibility index (Phi) is 3.69. The van der Waals surface area contributed by atoms with Gasteiger partial charge in [0.1, 0.15) is 0 Å². The molecule has 2 aliphatic carbocycles. The first kappa shape index (κ1) is 12.2. The average molecular weight is 247 g/mol. The van der Waals surface area contributed by atoms with Gasteiger partial charge in [0.25, 0.3) is 0 Å². The number of nitrogens with zero attached hydrogens (tertiary/aromatic N) is 2. The zero-order chi connectivity index (χ0) is 12.4. The van der Waals surface area contributed by atoms with Crippen LogP contribution in [0, 0.1) is 0 Å². The number of aromatic nitrogens is 2. The van der Waals surface area contributed by atoms with Gasteiger partial charge in [-0.1, -0.05) is 25.7 Å². The highest BCUT2D eigenvalue weighted by molar-refractivity contribution is 5.25. The molecule has 0 bridgehead atoms. The molecule has 1 atom stereocenters. The van der Waals surface area contributed by atoms with Crippen molar-refractivity contribution in [2.24, 2.45) is 0 Å². The molecular formula is C15H25N3. The highest BCUT2D eigenvalue weighted by Gasteiger charge is 2.26. The van der Waals surface area contributed by atoms with Crippen LogP contribution in [-0.4, -0.2) is 16.8 Å². The van der Waals surface area contributed by atoms with Crippen LogP contribution in [0.5, 0.6) is 0 Å². The lowest BCUT2D eigenvalue weighted by atomic mass is 9.92. The first-order valence-electron chi connectivity index (χ1n) is 7.63. The van der Waals surface area contributed by atoms with E-state index in [9.17, 15) is 0 Å². The standard InChI is InChI=1S/C15H25N3/c1-16-14-9-6-10-15-13(14)11-17-18(15)12-7-4-2-3-5-8-12/h11-12,14,16H,2-10H2,1H3. The summed E-state index contributed by atoms with van der Waals surface area (Å²) in [7, 11) is 2.07. The van der Waals surface area contributed by atoms with Gasteiger partial charge in [-0.25, -0.2) is 0 Å². The molecule has 1 N–H and O–H groups in total. The number of rotatable bonds is 2. The van der Waals surface area contributed by atoms with Crippen LogP contribution in [0.15, 0.2) is 6.20 Å². The summed E-state index contributed by atoms with van der Waals surface area (Å²) in [6.45, 7) is 0. The Morgan fingerprint density at radius 1 is 1.11 bits per heavy atom. The summed E-state index contributed by atoms with van der Waals surface area (Å²) in [6.07, 6.45) is 14.2. The minimum absolute atomic E-state index is 0.535. The molecule has 1 heterocycles. The SMILES string of the molecule is CNC1CCCc2c1cnn2C1CCCCCC1. The fourth-order valence-electron chi connectivity index (χ4n) is 3.70. The molecule has 0 spiro atoms. The average Bonchev–Trinajstić information content (AvgIpc) is 2.66. The van der Waals surface area contributed by atoms with Crippen LogP contribution < -0.4 is 5.32 Å². The summed E-state index contributed by atoms with van der Waals surface area (Å²) < 4.78 is 2.38. The summed E-state index contributed by atoms with van der Waals surface area (Å²) in [5.74, 6) is 0. The van der Waals surface area contributed by atoms with Crippen molar-refractivity contribution in [1.82, 2.24) is 15.1 Å². The van der Waals surface area contributed by atoms with Crippen molar-refractivity contribution < 1.29 is 0 Å². The normalized spacial score (nSPS) is 25.7. The lowest BCUT2D eigenvalue weighted by molar-refractivity contribution is 0.382. The predicted molar refractivity (Wildman–Crippen MR) is 73.7 cm³/mol. The van der Waals surface area contributed by atoms with Crippen molar-refractivity contribution in [2.45, 2.75) is 69.9 Å². The monoisotopic (exact) mass is 247 g/mol. The molecule has 2 aliphatic rings. The molecule has 0 radical (unpaired) electrons. The van der Waals surface area contributed by atoms with Crippen LogP contribution in [0.3, 0.4) is 0 Å². The Labute approximate surface area is 110 Å². The Balaban J connectivity index is 1.86. The van der Waals surface area contributed by atoms with Gasteiger partial charge >= 0.3 is 0 Å². The van der Waals surface area contributed by atoms with Crippen molar-refractivity contribution in [2.75, 3.05) is 7.05 Å². The lowest BCUT2D eigenvalue weighted by Gasteiger charge is -2.25. The number of hydrogen-bond acceptors (Lipinski definition) is 2. The molecule has 1 unspecified atom stereocenters. The molecule has 0 aromatic carbocycles. The van der Waals surface area contributed by atoms with Crippen molar-refractivity contribution >= 4 is 0 Å². The van der Waals surface area contributed by atoms with E-state index < -0.39 is 0 Å². The maximum absolute atomic E-state index is 4.74. The first-order valence-corrected chi connectivity index (χ1v) is 7.63. The van der Waals surface area contributed by atoms with E-state index in [-0.39, 0.29) is 0 Å². The van der Waals surface area contributed by atoms with Crippen LogP contribution >= 0.6 is 0 Å². The summed E-state index contributed by atoms with van der Waals surface area (Å²) in [5.41, 5.74) is 2.99. The summed E-state index contributed by atoms with van der Waals surface area (Å²) in [5, 5.41) is 8.17. The quantitative estimate of drug-likeness (QED) is 0.812. The van der Waals surface area contributed by atoms with Gasteiger partial charge in [0.2, 0.25) is 0 Å². The second kappa shape index (κ2) is 5.43. The Morgan fingerprint density at radius 3 is 2.61 bits per heavy atom. The summed E-state index contributed by atoms with van der Waals surface area (Å²) in [4.78, 5) is 0. The molecule has 1 aromatic heterocycles. The number of fused-ring (bicyclic) bond motifs is 1. The van der Waals surface area contributed by atoms with Crippen molar-refractivity contribution in [3.8, 4) is 0 Å². The van der Waals surface area contributed by atoms with Crippen LogP contribution in [0.1, 0.15) is 74.7 Å². The second-order valence-corrected chi connectivity index (χ2v) is 5.87. The van der Waals surface area contributed by atoms with Crippen molar-refractivity contribution in [3.63, 3.8) is 0 Å². The maximum atomic E-state index is 4.74. The van der Waals surface area contributed by atoms with Gasteiger partial charge < -0.3 is 5.32 Å². The molecule has 1 aromatic rings. The van der Waals surface area contributed by atoms with Crippen LogP contribution in [0.25, 0.3) is 0 Å². The van der Waals surface area contributed by atoms with E-state index in [1.54, 1.807) is 0 Å². The van der Waals surface area contributed by atoms with E-state index in [1.165, 1.54) is 69.0 Å². The largest absolute Gasteiger partial charge is 0.313 e. The first-order chi connectivity index (χ1) is 8.90.